The normalized spacial score (nSPS) is 23.2. The van der Waals surface area contributed by atoms with Crippen LogP contribution < -0.4 is 4.90 Å². The molecule has 2 saturated heterocycles. The topological polar surface area (TPSA) is 78.8 Å². The molecule has 35 heavy (non-hydrogen) atoms. The van der Waals surface area contributed by atoms with Crippen molar-refractivity contribution in [1.82, 2.24) is 19.6 Å². The molecule has 1 unspecified atom stereocenters. The van der Waals surface area contributed by atoms with E-state index in [0.29, 0.717) is 49.2 Å². The Morgan fingerprint density at radius 2 is 1.91 bits per heavy atom. The van der Waals surface area contributed by atoms with Gasteiger partial charge in [0.2, 0.25) is 5.91 Å². The molecule has 0 spiro atoms. The number of hydrogen-bond acceptors (Lipinski definition) is 6. The summed E-state index contributed by atoms with van der Waals surface area (Å²) in [6.45, 7) is 2.46. The maximum absolute atomic E-state index is 13.4. The van der Waals surface area contributed by atoms with E-state index in [1.807, 2.05) is 0 Å². The molecule has 0 bridgehead atoms. The van der Waals surface area contributed by atoms with E-state index in [0.717, 1.165) is 6.08 Å². The van der Waals surface area contributed by atoms with E-state index in [9.17, 15) is 26.4 Å². The number of sulfone groups is 1. The molecule has 0 saturated carbocycles. The van der Waals surface area contributed by atoms with Crippen LogP contribution in [0.3, 0.4) is 0 Å². The standard InChI is InChI=1S/C23H26F3N5O3S/c24-23(25,26)21-3-1-2-7-31(21)18-4-5-20-17(13-18)14-30(27-20)15-22(32)29-10-8-28(9-11-29)19-6-12-35(33,34)16-19/h1-5,13-14,19H,6-12,15-16H2. The second-order valence-corrected chi connectivity index (χ2v) is 11.4. The second-order valence-electron chi connectivity index (χ2n) is 9.13. The molecule has 1 aromatic heterocycles. The first-order chi connectivity index (χ1) is 16.6. The number of anilines is 1. The number of benzene rings is 1. The molecule has 4 heterocycles. The number of alkyl halides is 3. The molecule has 0 radical (unpaired) electrons. The summed E-state index contributed by atoms with van der Waals surface area (Å²) in [7, 11) is -2.95. The molecule has 188 valence electrons. The summed E-state index contributed by atoms with van der Waals surface area (Å²) < 4.78 is 65.3. The van der Waals surface area contributed by atoms with Crippen molar-refractivity contribution in [1.29, 1.82) is 0 Å². The predicted molar refractivity (Wildman–Crippen MR) is 126 cm³/mol. The maximum Gasteiger partial charge on any atom is 0.431 e. The number of halogens is 3. The second kappa shape index (κ2) is 8.98. The van der Waals surface area contributed by atoms with Crippen molar-refractivity contribution in [2.45, 2.75) is 25.2 Å². The van der Waals surface area contributed by atoms with Gasteiger partial charge >= 0.3 is 6.18 Å². The number of carbonyl (C=O) groups is 1. The summed E-state index contributed by atoms with van der Waals surface area (Å²) in [4.78, 5) is 17.9. The quantitative estimate of drug-likeness (QED) is 0.629. The lowest BCUT2D eigenvalue weighted by molar-refractivity contribution is -0.134. The number of aromatic nitrogens is 2. The zero-order chi connectivity index (χ0) is 24.8. The number of rotatable bonds is 4. The fourth-order valence-electron chi connectivity index (χ4n) is 4.96. The van der Waals surface area contributed by atoms with Crippen molar-refractivity contribution >= 4 is 32.3 Å². The molecule has 12 heteroatoms. The highest BCUT2D eigenvalue weighted by Gasteiger charge is 2.38. The van der Waals surface area contributed by atoms with Crippen LogP contribution in [0.4, 0.5) is 18.9 Å². The molecule has 3 aliphatic heterocycles. The minimum Gasteiger partial charge on any atom is -0.339 e. The zero-order valence-corrected chi connectivity index (χ0v) is 19.8. The average molecular weight is 510 g/mol. The number of fused-ring (bicyclic) bond motifs is 1. The smallest absolute Gasteiger partial charge is 0.339 e. The Morgan fingerprint density at radius 1 is 1.14 bits per heavy atom. The highest BCUT2D eigenvalue weighted by Crippen LogP contribution is 2.34. The van der Waals surface area contributed by atoms with Gasteiger partial charge in [-0.3, -0.25) is 14.4 Å². The van der Waals surface area contributed by atoms with Crippen molar-refractivity contribution in [3.05, 3.63) is 48.3 Å². The van der Waals surface area contributed by atoms with Crippen molar-refractivity contribution < 1.29 is 26.4 Å². The van der Waals surface area contributed by atoms with Crippen molar-refractivity contribution in [2.75, 3.05) is 49.1 Å². The lowest BCUT2D eigenvalue weighted by Crippen LogP contribution is -2.52. The Balaban J connectivity index is 1.23. The molecule has 1 amide bonds. The van der Waals surface area contributed by atoms with E-state index in [-0.39, 0.29) is 36.5 Å². The van der Waals surface area contributed by atoms with Gasteiger partial charge in [-0.25, -0.2) is 8.42 Å². The van der Waals surface area contributed by atoms with E-state index in [1.54, 1.807) is 35.4 Å². The first-order valence-corrected chi connectivity index (χ1v) is 13.3. The predicted octanol–water partition coefficient (Wildman–Crippen LogP) is 2.19. The van der Waals surface area contributed by atoms with Crippen LogP contribution in [-0.4, -0.2) is 90.4 Å². The lowest BCUT2D eigenvalue weighted by atomic mass is 10.1. The van der Waals surface area contributed by atoms with Crippen LogP contribution >= 0.6 is 0 Å². The molecule has 8 nitrogen and oxygen atoms in total. The Bertz CT molecular complexity index is 1290. The summed E-state index contributed by atoms with van der Waals surface area (Å²) in [6, 6.07) is 4.94. The van der Waals surface area contributed by atoms with E-state index in [1.165, 1.54) is 15.7 Å². The summed E-state index contributed by atoms with van der Waals surface area (Å²) in [6.07, 6.45) is 1.97. The minimum absolute atomic E-state index is 0.0297. The third kappa shape index (κ3) is 5.08. The van der Waals surface area contributed by atoms with Crippen molar-refractivity contribution in [3.8, 4) is 0 Å². The fraction of sp³-hybridized carbons (Fsp3) is 0.478. The Kier molecular flexibility index (Phi) is 6.12. The monoisotopic (exact) mass is 509 g/mol. The van der Waals surface area contributed by atoms with Crippen LogP contribution in [0, 0.1) is 0 Å². The van der Waals surface area contributed by atoms with Gasteiger partial charge in [-0.05, 0) is 30.7 Å². The number of amides is 1. The lowest BCUT2D eigenvalue weighted by Gasteiger charge is -2.37. The molecule has 1 atom stereocenters. The van der Waals surface area contributed by atoms with Crippen LogP contribution in [0.15, 0.2) is 48.3 Å². The molecule has 1 aromatic carbocycles. The largest absolute Gasteiger partial charge is 0.431 e. The van der Waals surface area contributed by atoms with Crippen LogP contribution in [0.5, 0.6) is 0 Å². The van der Waals surface area contributed by atoms with Crippen molar-refractivity contribution in [3.63, 3.8) is 0 Å². The van der Waals surface area contributed by atoms with Gasteiger partial charge < -0.3 is 9.80 Å². The number of nitrogens with zero attached hydrogens (tertiary/aromatic N) is 5. The SMILES string of the molecule is O=C(Cn1cc2cc(N3CC=CC=C3C(F)(F)F)ccc2n1)N1CCN(C2CCS(=O)(=O)C2)CC1. The summed E-state index contributed by atoms with van der Waals surface area (Å²) in [5.74, 6) is 0.324. The van der Waals surface area contributed by atoms with Gasteiger partial charge in [-0.15, -0.1) is 0 Å². The van der Waals surface area contributed by atoms with E-state index < -0.39 is 21.7 Å². The molecule has 5 rings (SSSR count). The first kappa shape index (κ1) is 23.9. The van der Waals surface area contributed by atoms with Crippen LogP contribution in [-0.2, 0) is 21.2 Å². The van der Waals surface area contributed by atoms with Crippen molar-refractivity contribution in [2.24, 2.45) is 0 Å². The molecule has 2 aromatic rings. The van der Waals surface area contributed by atoms with Gasteiger partial charge in [-0.2, -0.15) is 18.3 Å². The summed E-state index contributed by atoms with van der Waals surface area (Å²) in [5.41, 5.74) is 0.275. The third-order valence-electron chi connectivity index (χ3n) is 6.80. The molecular formula is C23H26F3N5O3S. The van der Waals surface area contributed by atoms with Crippen LogP contribution in [0.2, 0.25) is 0 Å². The van der Waals surface area contributed by atoms with E-state index in [2.05, 4.69) is 10.00 Å². The number of piperazine rings is 1. The van der Waals surface area contributed by atoms with Gasteiger partial charge in [0.15, 0.2) is 9.84 Å². The molecular weight excluding hydrogens is 483 g/mol. The highest BCUT2D eigenvalue weighted by atomic mass is 32.2. The number of hydrogen-bond donors (Lipinski definition) is 0. The third-order valence-corrected chi connectivity index (χ3v) is 8.55. The number of allylic oxidation sites excluding steroid dienone is 3. The molecule has 2 fully saturated rings. The van der Waals surface area contributed by atoms with Gasteiger partial charge in [0.05, 0.1) is 17.0 Å². The summed E-state index contributed by atoms with van der Waals surface area (Å²) >= 11 is 0. The molecule has 0 N–H and O–H groups in total. The average Bonchev–Trinajstić information content (AvgIpc) is 3.40. The van der Waals surface area contributed by atoms with E-state index >= 15 is 0 Å². The maximum atomic E-state index is 13.4. The van der Waals surface area contributed by atoms with Crippen LogP contribution in [0.25, 0.3) is 10.9 Å². The molecule has 3 aliphatic rings. The summed E-state index contributed by atoms with van der Waals surface area (Å²) in [5, 5.41) is 5.07. The Labute approximate surface area is 201 Å². The Hall–Kier alpha value is -2.86. The Morgan fingerprint density at radius 3 is 2.60 bits per heavy atom. The minimum atomic E-state index is -4.47. The van der Waals surface area contributed by atoms with Gasteiger partial charge in [0, 0.05) is 56.0 Å². The number of carbonyl (C=O) groups excluding carboxylic acids is 1. The fourth-order valence-corrected chi connectivity index (χ4v) is 6.72. The zero-order valence-electron chi connectivity index (χ0n) is 19.0. The van der Waals surface area contributed by atoms with Crippen LogP contribution in [0.1, 0.15) is 6.42 Å². The van der Waals surface area contributed by atoms with Gasteiger partial charge in [-0.1, -0.05) is 12.2 Å². The van der Waals surface area contributed by atoms with E-state index in [4.69, 9.17) is 0 Å². The highest BCUT2D eigenvalue weighted by molar-refractivity contribution is 7.91. The first-order valence-electron chi connectivity index (χ1n) is 11.5. The van der Waals surface area contributed by atoms with Gasteiger partial charge in [0.25, 0.3) is 0 Å². The van der Waals surface area contributed by atoms with Gasteiger partial charge in [0.1, 0.15) is 12.2 Å². The molecule has 0 aliphatic carbocycles.